The Morgan fingerprint density at radius 2 is 1.96 bits per heavy atom. The van der Waals surface area contributed by atoms with Gasteiger partial charge in [-0.25, -0.2) is 13.8 Å². The van der Waals surface area contributed by atoms with Gasteiger partial charge in [0, 0.05) is 23.7 Å². The number of nitrogens with one attached hydrogen (secondary N) is 1. The predicted molar refractivity (Wildman–Crippen MR) is 87.0 cm³/mol. The lowest BCUT2D eigenvalue weighted by Crippen LogP contribution is -2.06. The molecule has 1 aromatic carbocycles. The molecule has 6 nitrogen and oxygen atoms in total. The molecule has 1 N–H and O–H groups in total. The largest absolute Gasteiger partial charge is 0.478 e. The van der Waals surface area contributed by atoms with Crippen LogP contribution in [0.25, 0.3) is 11.0 Å². The van der Waals surface area contributed by atoms with Crippen LogP contribution in [-0.2, 0) is 0 Å². The Bertz CT molecular complexity index is 947. The molecule has 4 rings (SSSR count). The average Bonchev–Trinajstić information content (AvgIpc) is 3.41. The van der Waals surface area contributed by atoms with E-state index in [9.17, 15) is 8.78 Å². The summed E-state index contributed by atoms with van der Waals surface area (Å²) in [7, 11) is 1.42. The average molecular weight is 344 g/mol. The molecular weight excluding hydrogens is 330 g/mol. The number of methoxy groups -OCH3 is 1. The zero-order valence-corrected chi connectivity index (χ0v) is 13.3. The summed E-state index contributed by atoms with van der Waals surface area (Å²) in [5.74, 6) is -0.796. The molecule has 0 amide bonds. The van der Waals surface area contributed by atoms with Crippen molar-refractivity contribution >= 4 is 17.0 Å². The fourth-order valence-corrected chi connectivity index (χ4v) is 2.30. The smallest absolute Gasteiger partial charge is 0.259 e. The minimum atomic E-state index is -0.817. The normalized spacial score (nSPS) is 13.7. The van der Waals surface area contributed by atoms with Gasteiger partial charge in [0.05, 0.1) is 7.11 Å². The summed E-state index contributed by atoms with van der Waals surface area (Å²) in [6.07, 6.45) is 3.82. The number of pyridine rings is 1. The van der Waals surface area contributed by atoms with Crippen LogP contribution in [-0.4, -0.2) is 28.1 Å². The van der Waals surface area contributed by atoms with Gasteiger partial charge in [-0.1, -0.05) is 0 Å². The number of anilines is 1. The highest BCUT2D eigenvalue weighted by molar-refractivity contribution is 5.78. The maximum absolute atomic E-state index is 13.8. The summed E-state index contributed by atoms with van der Waals surface area (Å²) in [4.78, 5) is 12.9. The van der Waals surface area contributed by atoms with E-state index in [1.54, 1.807) is 12.3 Å². The maximum atomic E-state index is 13.8. The number of benzene rings is 1. The topological polar surface area (TPSA) is 69.2 Å². The molecule has 0 spiro atoms. The van der Waals surface area contributed by atoms with Crippen molar-refractivity contribution in [2.45, 2.75) is 18.9 Å². The van der Waals surface area contributed by atoms with Gasteiger partial charge in [-0.05, 0) is 31.0 Å². The second-order valence-corrected chi connectivity index (χ2v) is 5.70. The van der Waals surface area contributed by atoms with Crippen LogP contribution in [0.2, 0.25) is 0 Å². The standard InChI is InChI=1S/C17H14F2N4O2/c1-24-16-14(25-13-5-2-10(18)7-12(13)19)6-9-8-20-17(21-11-3-4-11)23-15(9)22-16/h2,5-8,11H,3-4H2,1H3,(H,20,21,22,23). The zero-order valence-electron chi connectivity index (χ0n) is 13.3. The molecule has 128 valence electrons. The first kappa shape index (κ1) is 15.5. The molecule has 1 saturated carbocycles. The number of hydrogen-bond donors (Lipinski definition) is 1. The molecule has 3 aromatic rings. The van der Waals surface area contributed by atoms with Gasteiger partial charge in [0.1, 0.15) is 5.82 Å². The predicted octanol–water partition coefficient (Wildman–Crippen LogP) is 3.68. The summed E-state index contributed by atoms with van der Waals surface area (Å²) in [5, 5.41) is 3.80. The van der Waals surface area contributed by atoms with Crippen LogP contribution in [0.15, 0.2) is 30.5 Å². The van der Waals surface area contributed by atoms with Crippen molar-refractivity contribution in [3.8, 4) is 17.4 Å². The molecule has 1 fully saturated rings. The van der Waals surface area contributed by atoms with E-state index in [-0.39, 0.29) is 17.4 Å². The Kier molecular flexibility index (Phi) is 3.79. The molecule has 0 radical (unpaired) electrons. The Morgan fingerprint density at radius 1 is 1.12 bits per heavy atom. The minimum absolute atomic E-state index is 0.131. The lowest BCUT2D eigenvalue weighted by atomic mass is 10.3. The highest BCUT2D eigenvalue weighted by Crippen LogP contribution is 2.34. The van der Waals surface area contributed by atoms with Gasteiger partial charge in [-0.15, -0.1) is 0 Å². The van der Waals surface area contributed by atoms with E-state index in [0.29, 0.717) is 23.0 Å². The van der Waals surface area contributed by atoms with Crippen molar-refractivity contribution in [2.24, 2.45) is 0 Å². The fourth-order valence-electron chi connectivity index (χ4n) is 2.30. The van der Waals surface area contributed by atoms with Crippen LogP contribution in [0, 0.1) is 11.6 Å². The Labute approximate surface area is 141 Å². The number of fused-ring (bicyclic) bond motifs is 1. The van der Waals surface area contributed by atoms with Crippen molar-refractivity contribution in [1.82, 2.24) is 15.0 Å². The lowest BCUT2D eigenvalue weighted by Gasteiger charge is -2.11. The first-order valence-electron chi connectivity index (χ1n) is 7.73. The van der Waals surface area contributed by atoms with Gasteiger partial charge in [0.15, 0.2) is 23.0 Å². The zero-order chi connectivity index (χ0) is 17.4. The van der Waals surface area contributed by atoms with Crippen LogP contribution < -0.4 is 14.8 Å². The molecule has 0 unspecified atom stereocenters. The highest BCUT2D eigenvalue weighted by atomic mass is 19.1. The summed E-state index contributed by atoms with van der Waals surface area (Å²) in [5.41, 5.74) is 0.432. The van der Waals surface area contributed by atoms with Gasteiger partial charge in [0.2, 0.25) is 5.95 Å². The van der Waals surface area contributed by atoms with E-state index < -0.39 is 11.6 Å². The monoisotopic (exact) mass is 344 g/mol. The van der Waals surface area contributed by atoms with Gasteiger partial charge in [-0.3, -0.25) is 0 Å². The number of rotatable bonds is 5. The van der Waals surface area contributed by atoms with Gasteiger partial charge >= 0.3 is 0 Å². The molecule has 2 heterocycles. The van der Waals surface area contributed by atoms with Gasteiger partial charge in [-0.2, -0.15) is 9.97 Å². The molecule has 0 atom stereocenters. The molecule has 0 bridgehead atoms. The lowest BCUT2D eigenvalue weighted by molar-refractivity contribution is 0.358. The fraction of sp³-hybridized carbons (Fsp3) is 0.235. The Hall–Kier alpha value is -3.03. The van der Waals surface area contributed by atoms with E-state index in [1.165, 1.54) is 13.2 Å². The third-order valence-electron chi connectivity index (χ3n) is 3.72. The molecule has 0 saturated heterocycles. The molecule has 25 heavy (non-hydrogen) atoms. The van der Waals surface area contributed by atoms with Gasteiger partial charge < -0.3 is 14.8 Å². The van der Waals surface area contributed by atoms with Crippen molar-refractivity contribution in [1.29, 1.82) is 0 Å². The van der Waals surface area contributed by atoms with Crippen molar-refractivity contribution < 1.29 is 18.3 Å². The summed E-state index contributed by atoms with van der Waals surface area (Å²) >= 11 is 0. The van der Waals surface area contributed by atoms with Gasteiger partial charge in [0.25, 0.3) is 5.88 Å². The minimum Gasteiger partial charge on any atom is -0.478 e. The summed E-state index contributed by atoms with van der Waals surface area (Å²) < 4.78 is 37.5. The number of halogens is 2. The van der Waals surface area contributed by atoms with Crippen LogP contribution in [0.4, 0.5) is 14.7 Å². The van der Waals surface area contributed by atoms with Crippen LogP contribution in [0.1, 0.15) is 12.8 Å². The van der Waals surface area contributed by atoms with Crippen molar-refractivity contribution in [3.05, 3.63) is 42.1 Å². The molecule has 0 aliphatic heterocycles. The third kappa shape index (κ3) is 3.28. The molecule has 2 aromatic heterocycles. The maximum Gasteiger partial charge on any atom is 0.259 e. The summed E-state index contributed by atoms with van der Waals surface area (Å²) in [6, 6.07) is 5.08. The van der Waals surface area contributed by atoms with Crippen LogP contribution >= 0.6 is 0 Å². The summed E-state index contributed by atoms with van der Waals surface area (Å²) in [6.45, 7) is 0. The quantitative estimate of drug-likeness (QED) is 0.761. The van der Waals surface area contributed by atoms with E-state index >= 15 is 0 Å². The van der Waals surface area contributed by atoms with Crippen LogP contribution in [0.5, 0.6) is 17.4 Å². The van der Waals surface area contributed by atoms with E-state index in [4.69, 9.17) is 9.47 Å². The number of hydrogen-bond acceptors (Lipinski definition) is 6. The van der Waals surface area contributed by atoms with E-state index in [0.717, 1.165) is 25.0 Å². The molecule has 8 heteroatoms. The molecule has 1 aliphatic rings. The highest BCUT2D eigenvalue weighted by Gasteiger charge is 2.22. The second kappa shape index (κ2) is 6.12. The molecular formula is C17H14F2N4O2. The number of nitrogens with zero attached hydrogens (tertiary/aromatic N) is 3. The third-order valence-corrected chi connectivity index (χ3v) is 3.72. The van der Waals surface area contributed by atoms with E-state index in [1.807, 2.05) is 0 Å². The van der Waals surface area contributed by atoms with E-state index in [2.05, 4.69) is 20.3 Å². The number of ether oxygens (including phenoxy) is 2. The molecule has 1 aliphatic carbocycles. The number of aromatic nitrogens is 3. The second-order valence-electron chi connectivity index (χ2n) is 5.70. The first-order valence-corrected chi connectivity index (χ1v) is 7.73. The Morgan fingerprint density at radius 3 is 2.68 bits per heavy atom. The van der Waals surface area contributed by atoms with Crippen molar-refractivity contribution in [2.75, 3.05) is 12.4 Å². The van der Waals surface area contributed by atoms with Crippen molar-refractivity contribution in [3.63, 3.8) is 0 Å². The van der Waals surface area contributed by atoms with Crippen LogP contribution in [0.3, 0.4) is 0 Å². The first-order chi connectivity index (χ1) is 12.1. The SMILES string of the molecule is COc1nc2nc(NC3CC3)ncc2cc1Oc1ccc(F)cc1F. The Balaban J connectivity index is 1.69.